The molecule has 0 unspecified atom stereocenters. The Kier molecular flexibility index (Phi) is 3.99. The van der Waals surface area contributed by atoms with Crippen molar-refractivity contribution in [1.82, 2.24) is 14.9 Å². The van der Waals surface area contributed by atoms with Crippen LogP contribution in [0.15, 0.2) is 30.6 Å². The molecule has 0 aliphatic carbocycles. The van der Waals surface area contributed by atoms with Gasteiger partial charge in [0.05, 0.1) is 11.5 Å². The summed E-state index contributed by atoms with van der Waals surface area (Å²) in [7, 11) is 1.79. The van der Waals surface area contributed by atoms with Crippen LogP contribution in [0.1, 0.15) is 16.2 Å². The maximum Gasteiger partial charge on any atom is 0.300 e. The van der Waals surface area contributed by atoms with Crippen LogP contribution in [0.25, 0.3) is 0 Å². The maximum atomic E-state index is 12.0. The molecule has 0 aliphatic heterocycles. The number of nitrogens with one attached hydrogen (secondary N) is 1. The van der Waals surface area contributed by atoms with Crippen molar-refractivity contribution >= 4 is 23.2 Å². The van der Waals surface area contributed by atoms with Crippen LogP contribution < -0.4 is 5.32 Å². The number of carbonyl (C=O) groups is 1. The van der Waals surface area contributed by atoms with Crippen molar-refractivity contribution in [3.8, 4) is 0 Å². The van der Waals surface area contributed by atoms with Crippen molar-refractivity contribution in [2.75, 3.05) is 0 Å². The van der Waals surface area contributed by atoms with E-state index in [-0.39, 0.29) is 17.1 Å². The molecule has 0 aliphatic rings. The Labute approximate surface area is 119 Å². The lowest BCUT2D eigenvalue weighted by atomic mass is 10.1. The molecule has 7 nitrogen and oxygen atoms in total. The van der Waals surface area contributed by atoms with Gasteiger partial charge in [0.2, 0.25) is 0 Å². The lowest BCUT2D eigenvalue weighted by Crippen LogP contribution is -2.25. The third kappa shape index (κ3) is 2.77. The number of nitro benzene ring substituents is 1. The van der Waals surface area contributed by atoms with E-state index >= 15 is 0 Å². The van der Waals surface area contributed by atoms with Gasteiger partial charge < -0.3 is 9.88 Å². The summed E-state index contributed by atoms with van der Waals surface area (Å²) in [6.07, 6.45) is 3.34. The lowest BCUT2D eigenvalue weighted by molar-refractivity contribution is -0.385. The van der Waals surface area contributed by atoms with Crippen molar-refractivity contribution in [2.24, 2.45) is 7.05 Å². The van der Waals surface area contributed by atoms with Gasteiger partial charge in [0.1, 0.15) is 16.4 Å². The highest BCUT2D eigenvalue weighted by Gasteiger charge is 2.23. The van der Waals surface area contributed by atoms with Gasteiger partial charge in [0.25, 0.3) is 5.91 Å². The number of amides is 1. The van der Waals surface area contributed by atoms with E-state index in [0.29, 0.717) is 5.82 Å². The van der Waals surface area contributed by atoms with Crippen molar-refractivity contribution in [3.05, 3.63) is 57.1 Å². The van der Waals surface area contributed by atoms with Crippen molar-refractivity contribution in [2.45, 2.75) is 6.54 Å². The van der Waals surface area contributed by atoms with Gasteiger partial charge in [-0.2, -0.15) is 0 Å². The van der Waals surface area contributed by atoms with E-state index in [2.05, 4.69) is 10.3 Å². The molecule has 8 heteroatoms. The van der Waals surface area contributed by atoms with E-state index in [4.69, 9.17) is 11.6 Å². The topological polar surface area (TPSA) is 90.1 Å². The summed E-state index contributed by atoms with van der Waals surface area (Å²) in [5.74, 6) is 0.0743. The fourth-order valence-electron chi connectivity index (χ4n) is 1.71. The first kappa shape index (κ1) is 14.0. The molecule has 1 aromatic carbocycles. The van der Waals surface area contributed by atoms with E-state index in [1.54, 1.807) is 24.0 Å². The van der Waals surface area contributed by atoms with E-state index in [1.165, 1.54) is 18.2 Å². The molecule has 0 spiro atoms. The second-order valence-electron chi connectivity index (χ2n) is 4.03. The largest absolute Gasteiger partial charge is 0.345 e. The van der Waals surface area contributed by atoms with Crippen LogP contribution in [0, 0.1) is 10.1 Å². The Morgan fingerprint density at radius 3 is 2.90 bits per heavy atom. The van der Waals surface area contributed by atoms with Crippen LogP contribution in [0.2, 0.25) is 5.02 Å². The first-order valence-electron chi connectivity index (χ1n) is 5.68. The Morgan fingerprint density at radius 1 is 1.55 bits per heavy atom. The molecular formula is C12H11ClN4O3. The number of aromatic nitrogens is 2. The minimum absolute atomic E-state index is 0.0698. The standard InChI is InChI=1S/C12H11ClN4O3/c1-16-6-5-14-10(16)7-15-12(18)8-3-2-4-9(13)11(8)17(19)20/h2-6H,7H2,1H3,(H,15,18). The second kappa shape index (κ2) is 5.70. The Hall–Kier alpha value is -2.41. The predicted octanol–water partition coefficient (Wildman–Crippen LogP) is 1.91. The summed E-state index contributed by atoms with van der Waals surface area (Å²) in [5, 5.41) is 13.5. The molecule has 2 rings (SSSR count). The first-order valence-corrected chi connectivity index (χ1v) is 6.06. The van der Waals surface area contributed by atoms with Gasteiger partial charge in [-0.15, -0.1) is 0 Å². The summed E-state index contributed by atoms with van der Waals surface area (Å²) < 4.78 is 1.74. The molecule has 20 heavy (non-hydrogen) atoms. The van der Waals surface area contributed by atoms with Crippen LogP contribution in [0.5, 0.6) is 0 Å². The normalized spacial score (nSPS) is 10.3. The molecule has 1 N–H and O–H groups in total. The van der Waals surface area contributed by atoms with Gasteiger partial charge in [-0.05, 0) is 12.1 Å². The average molecular weight is 295 g/mol. The smallest absolute Gasteiger partial charge is 0.300 e. The number of aryl methyl sites for hydroxylation is 1. The van der Waals surface area contributed by atoms with Crippen molar-refractivity contribution in [3.63, 3.8) is 0 Å². The average Bonchev–Trinajstić information content (AvgIpc) is 2.80. The number of nitro groups is 1. The fourth-order valence-corrected chi connectivity index (χ4v) is 1.95. The summed E-state index contributed by atoms with van der Waals surface area (Å²) in [5.41, 5.74) is -0.469. The van der Waals surface area contributed by atoms with Crippen LogP contribution >= 0.6 is 11.6 Å². The number of imidazole rings is 1. The predicted molar refractivity (Wildman–Crippen MR) is 72.5 cm³/mol. The van der Waals surface area contributed by atoms with Crippen LogP contribution in [0.4, 0.5) is 5.69 Å². The highest BCUT2D eigenvalue weighted by Crippen LogP contribution is 2.28. The fraction of sp³-hybridized carbons (Fsp3) is 0.167. The molecule has 0 saturated carbocycles. The van der Waals surface area contributed by atoms with Gasteiger partial charge in [0.15, 0.2) is 0 Å². The van der Waals surface area contributed by atoms with E-state index in [9.17, 15) is 14.9 Å². The molecule has 1 amide bonds. The molecule has 2 aromatic rings. The Morgan fingerprint density at radius 2 is 2.30 bits per heavy atom. The Balaban J connectivity index is 2.20. The zero-order valence-electron chi connectivity index (χ0n) is 10.5. The number of carbonyl (C=O) groups excluding carboxylic acids is 1. The summed E-state index contributed by atoms with van der Waals surface area (Å²) >= 11 is 5.76. The first-order chi connectivity index (χ1) is 9.50. The highest BCUT2D eigenvalue weighted by molar-refractivity contribution is 6.33. The minimum atomic E-state index is -0.669. The molecule has 104 valence electrons. The maximum absolute atomic E-state index is 12.0. The summed E-state index contributed by atoms with van der Waals surface area (Å²) in [4.78, 5) is 26.4. The number of hydrogen-bond donors (Lipinski definition) is 1. The van der Waals surface area contributed by atoms with E-state index in [0.717, 1.165) is 0 Å². The number of para-hydroxylation sites is 1. The van der Waals surface area contributed by atoms with Gasteiger partial charge in [-0.3, -0.25) is 14.9 Å². The molecule has 0 bridgehead atoms. The molecular weight excluding hydrogens is 284 g/mol. The quantitative estimate of drug-likeness (QED) is 0.689. The Bertz CT molecular complexity index is 668. The second-order valence-corrected chi connectivity index (χ2v) is 4.44. The molecule has 0 atom stereocenters. The van der Waals surface area contributed by atoms with Crippen LogP contribution in [-0.4, -0.2) is 20.4 Å². The number of halogens is 1. The lowest BCUT2D eigenvalue weighted by Gasteiger charge is -2.06. The van der Waals surface area contributed by atoms with Gasteiger partial charge in [-0.1, -0.05) is 17.7 Å². The number of rotatable bonds is 4. The zero-order valence-corrected chi connectivity index (χ0v) is 11.3. The van der Waals surface area contributed by atoms with E-state index in [1.807, 2.05) is 0 Å². The molecule has 0 fully saturated rings. The third-order valence-electron chi connectivity index (χ3n) is 2.74. The SMILES string of the molecule is Cn1ccnc1CNC(=O)c1cccc(Cl)c1[N+](=O)[O-]. The third-order valence-corrected chi connectivity index (χ3v) is 3.05. The zero-order chi connectivity index (χ0) is 14.7. The number of benzene rings is 1. The van der Waals surface area contributed by atoms with Gasteiger partial charge in [0, 0.05) is 19.4 Å². The number of hydrogen-bond acceptors (Lipinski definition) is 4. The van der Waals surface area contributed by atoms with Gasteiger partial charge in [-0.25, -0.2) is 4.98 Å². The molecule has 0 radical (unpaired) electrons. The highest BCUT2D eigenvalue weighted by atomic mass is 35.5. The van der Waals surface area contributed by atoms with Crippen molar-refractivity contribution in [1.29, 1.82) is 0 Å². The van der Waals surface area contributed by atoms with E-state index < -0.39 is 16.5 Å². The molecule has 0 saturated heterocycles. The van der Waals surface area contributed by atoms with Crippen LogP contribution in [0.3, 0.4) is 0 Å². The molecule has 1 heterocycles. The monoisotopic (exact) mass is 294 g/mol. The van der Waals surface area contributed by atoms with Crippen molar-refractivity contribution < 1.29 is 9.72 Å². The molecule has 1 aromatic heterocycles. The van der Waals surface area contributed by atoms with Gasteiger partial charge >= 0.3 is 5.69 Å². The summed E-state index contributed by atoms with van der Waals surface area (Å²) in [6.45, 7) is 0.173. The summed E-state index contributed by atoms with van der Waals surface area (Å²) in [6, 6.07) is 4.22. The number of nitrogens with zero attached hydrogens (tertiary/aromatic N) is 3. The van der Waals surface area contributed by atoms with Crippen LogP contribution in [-0.2, 0) is 13.6 Å². The minimum Gasteiger partial charge on any atom is -0.345 e.